The molecule has 30 heavy (non-hydrogen) atoms. The Balaban J connectivity index is 1.44. The molecular formula is C23H24ClN5O. The second-order valence-corrected chi connectivity index (χ2v) is 8.79. The largest absolute Gasteiger partial charge is 0.340 e. The van der Waals surface area contributed by atoms with Crippen LogP contribution in [0.3, 0.4) is 0 Å². The highest BCUT2D eigenvalue weighted by molar-refractivity contribution is 6.30. The molecule has 2 fully saturated rings. The SMILES string of the molecule is CN1CC2CN(C(=O)Cn3cnc(-c4ccc(Cl)cc4)c3-c3ccncc3)CC2C1. The van der Waals surface area contributed by atoms with Gasteiger partial charge in [0.2, 0.25) is 5.91 Å². The molecule has 0 bridgehead atoms. The summed E-state index contributed by atoms with van der Waals surface area (Å²) in [7, 11) is 2.16. The summed E-state index contributed by atoms with van der Waals surface area (Å²) in [6.45, 7) is 4.17. The molecule has 2 unspecified atom stereocenters. The van der Waals surface area contributed by atoms with E-state index in [0.29, 0.717) is 16.9 Å². The lowest BCUT2D eigenvalue weighted by Gasteiger charge is -2.20. The minimum atomic E-state index is 0.155. The van der Waals surface area contributed by atoms with Crippen molar-refractivity contribution in [3.8, 4) is 22.5 Å². The Kier molecular flexibility index (Phi) is 5.05. The summed E-state index contributed by atoms with van der Waals surface area (Å²) in [5, 5.41) is 0.684. The lowest BCUT2D eigenvalue weighted by atomic mass is 10.0. The van der Waals surface area contributed by atoms with Gasteiger partial charge < -0.3 is 14.4 Å². The molecule has 0 spiro atoms. The molecule has 154 valence electrons. The van der Waals surface area contributed by atoms with Crippen molar-refractivity contribution in [2.75, 3.05) is 33.2 Å². The first-order valence-electron chi connectivity index (χ1n) is 10.3. The lowest BCUT2D eigenvalue weighted by molar-refractivity contribution is -0.131. The van der Waals surface area contributed by atoms with Crippen LogP contribution in [0.25, 0.3) is 22.5 Å². The molecule has 6 nitrogen and oxygen atoms in total. The molecule has 4 heterocycles. The number of aromatic nitrogens is 3. The first kappa shape index (κ1) is 19.3. The van der Waals surface area contributed by atoms with Crippen LogP contribution in [0.1, 0.15) is 0 Å². The number of halogens is 1. The Hall–Kier alpha value is -2.70. The highest BCUT2D eigenvalue weighted by atomic mass is 35.5. The normalized spacial score (nSPS) is 21.2. The van der Waals surface area contributed by atoms with E-state index in [0.717, 1.165) is 48.7 Å². The van der Waals surface area contributed by atoms with Crippen LogP contribution in [0.5, 0.6) is 0 Å². The summed E-state index contributed by atoms with van der Waals surface area (Å²) in [5.41, 5.74) is 3.72. The third-order valence-corrected chi connectivity index (χ3v) is 6.49. The van der Waals surface area contributed by atoms with Gasteiger partial charge in [0.1, 0.15) is 6.54 Å². The summed E-state index contributed by atoms with van der Waals surface area (Å²) in [5.74, 6) is 1.36. The maximum atomic E-state index is 13.1. The van der Waals surface area contributed by atoms with E-state index in [1.54, 1.807) is 18.7 Å². The Morgan fingerprint density at radius 3 is 2.33 bits per heavy atom. The van der Waals surface area contributed by atoms with E-state index in [4.69, 9.17) is 11.6 Å². The van der Waals surface area contributed by atoms with E-state index in [1.807, 2.05) is 45.9 Å². The van der Waals surface area contributed by atoms with Gasteiger partial charge in [-0.3, -0.25) is 9.78 Å². The van der Waals surface area contributed by atoms with Gasteiger partial charge in [-0.05, 0) is 43.1 Å². The molecule has 7 heteroatoms. The summed E-state index contributed by atoms with van der Waals surface area (Å²) >= 11 is 6.06. The second-order valence-electron chi connectivity index (χ2n) is 8.35. The van der Waals surface area contributed by atoms with Crippen molar-refractivity contribution in [3.05, 3.63) is 60.1 Å². The Bertz CT molecular complexity index is 1040. The van der Waals surface area contributed by atoms with Crippen molar-refractivity contribution in [3.63, 3.8) is 0 Å². The third-order valence-electron chi connectivity index (χ3n) is 6.24. The zero-order valence-electron chi connectivity index (χ0n) is 16.9. The van der Waals surface area contributed by atoms with Gasteiger partial charge in [-0.1, -0.05) is 23.7 Å². The summed E-state index contributed by atoms with van der Waals surface area (Å²) in [6, 6.07) is 11.5. The Morgan fingerprint density at radius 2 is 1.67 bits per heavy atom. The van der Waals surface area contributed by atoms with Gasteiger partial charge in [-0.25, -0.2) is 4.98 Å². The van der Waals surface area contributed by atoms with Crippen LogP contribution in [0.2, 0.25) is 5.02 Å². The van der Waals surface area contributed by atoms with Crippen LogP contribution in [0.15, 0.2) is 55.1 Å². The molecule has 3 aromatic rings. The van der Waals surface area contributed by atoms with Crippen LogP contribution in [-0.4, -0.2) is 63.5 Å². The fourth-order valence-corrected chi connectivity index (χ4v) is 4.94. The van der Waals surface area contributed by atoms with Crippen molar-refractivity contribution in [1.82, 2.24) is 24.3 Å². The molecule has 2 aliphatic rings. The highest BCUT2D eigenvalue weighted by Gasteiger charge is 2.40. The van der Waals surface area contributed by atoms with E-state index in [-0.39, 0.29) is 12.5 Å². The van der Waals surface area contributed by atoms with Crippen molar-refractivity contribution in [1.29, 1.82) is 0 Å². The van der Waals surface area contributed by atoms with Crippen LogP contribution < -0.4 is 0 Å². The predicted octanol–water partition coefficient (Wildman–Crippen LogP) is 3.29. The number of nitrogens with zero attached hydrogens (tertiary/aromatic N) is 5. The number of benzene rings is 1. The van der Waals surface area contributed by atoms with Crippen molar-refractivity contribution in [2.24, 2.45) is 11.8 Å². The zero-order chi connectivity index (χ0) is 20.7. The van der Waals surface area contributed by atoms with Crippen LogP contribution >= 0.6 is 11.6 Å². The van der Waals surface area contributed by atoms with E-state index >= 15 is 0 Å². The molecule has 2 atom stereocenters. The number of pyridine rings is 1. The summed E-state index contributed by atoms with van der Waals surface area (Å²) in [4.78, 5) is 26.3. The standard InChI is InChI=1S/C23H24ClN5O/c1-27-10-18-12-28(13-19(18)11-27)21(30)14-29-15-26-22(16-2-4-20(24)5-3-16)23(29)17-6-8-25-9-7-17/h2-9,15,18-19H,10-14H2,1H3. The van der Waals surface area contributed by atoms with Crippen LogP contribution in [-0.2, 0) is 11.3 Å². The topological polar surface area (TPSA) is 54.3 Å². The number of hydrogen-bond donors (Lipinski definition) is 0. The van der Waals surface area contributed by atoms with Crippen LogP contribution in [0, 0.1) is 11.8 Å². The van der Waals surface area contributed by atoms with E-state index in [1.165, 1.54) is 0 Å². The van der Waals surface area contributed by atoms with Crippen molar-refractivity contribution < 1.29 is 4.79 Å². The van der Waals surface area contributed by atoms with E-state index < -0.39 is 0 Å². The smallest absolute Gasteiger partial charge is 0.242 e. The average molecular weight is 422 g/mol. The van der Waals surface area contributed by atoms with E-state index in [2.05, 4.69) is 21.9 Å². The average Bonchev–Trinajstić information content (AvgIpc) is 3.42. The Labute approximate surface area is 181 Å². The minimum Gasteiger partial charge on any atom is -0.340 e. The quantitative estimate of drug-likeness (QED) is 0.648. The van der Waals surface area contributed by atoms with Gasteiger partial charge in [-0.15, -0.1) is 0 Å². The monoisotopic (exact) mass is 421 g/mol. The fraction of sp³-hybridized carbons (Fsp3) is 0.348. The number of rotatable bonds is 4. The molecule has 0 N–H and O–H groups in total. The molecule has 0 aliphatic carbocycles. The molecule has 1 amide bonds. The van der Waals surface area contributed by atoms with Crippen molar-refractivity contribution in [2.45, 2.75) is 6.54 Å². The number of fused-ring (bicyclic) bond motifs is 1. The number of hydrogen-bond acceptors (Lipinski definition) is 4. The fourth-order valence-electron chi connectivity index (χ4n) is 4.81. The van der Waals surface area contributed by atoms with Gasteiger partial charge >= 0.3 is 0 Å². The van der Waals surface area contributed by atoms with Crippen molar-refractivity contribution >= 4 is 17.5 Å². The summed E-state index contributed by atoms with van der Waals surface area (Å²) in [6.07, 6.45) is 5.29. The predicted molar refractivity (Wildman–Crippen MR) is 117 cm³/mol. The molecule has 5 rings (SSSR count). The number of carbonyl (C=O) groups excluding carboxylic acids is 1. The van der Waals surface area contributed by atoms with Gasteiger partial charge in [0.15, 0.2) is 0 Å². The molecule has 2 aromatic heterocycles. The van der Waals surface area contributed by atoms with E-state index in [9.17, 15) is 4.79 Å². The number of carbonyl (C=O) groups is 1. The summed E-state index contributed by atoms with van der Waals surface area (Å²) < 4.78 is 1.96. The molecule has 2 aliphatic heterocycles. The maximum Gasteiger partial charge on any atom is 0.242 e. The number of amides is 1. The minimum absolute atomic E-state index is 0.155. The lowest BCUT2D eigenvalue weighted by Crippen LogP contribution is -2.34. The molecule has 0 saturated carbocycles. The second kappa shape index (κ2) is 7.85. The van der Waals surface area contributed by atoms with Gasteiger partial charge in [0, 0.05) is 54.7 Å². The highest BCUT2D eigenvalue weighted by Crippen LogP contribution is 2.33. The molecular weight excluding hydrogens is 398 g/mol. The molecule has 2 saturated heterocycles. The first-order valence-corrected chi connectivity index (χ1v) is 10.6. The van der Waals surface area contributed by atoms with Crippen LogP contribution in [0.4, 0.5) is 0 Å². The maximum absolute atomic E-state index is 13.1. The number of imidazole rings is 1. The molecule has 0 radical (unpaired) electrons. The Morgan fingerprint density at radius 1 is 1.00 bits per heavy atom. The van der Waals surface area contributed by atoms with Gasteiger partial charge in [0.25, 0.3) is 0 Å². The first-order chi connectivity index (χ1) is 14.6. The zero-order valence-corrected chi connectivity index (χ0v) is 17.7. The van der Waals surface area contributed by atoms with Gasteiger partial charge in [-0.2, -0.15) is 0 Å². The third kappa shape index (κ3) is 3.61. The van der Waals surface area contributed by atoms with Gasteiger partial charge in [0.05, 0.1) is 17.7 Å². The number of likely N-dealkylation sites (tertiary alicyclic amines) is 2. The molecule has 1 aromatic carbocycles.